The maximum Gasteiger partial charge on any atom is 0.419 e. The number of benzene rings is 2. The molecule has 1 amide bonds. The van der Waals surface area contributed by atoms with E-state index in [0.717, 1.165) is 23.1 Å². The molecule has 9 nitrogen and oxygen atoms in total. The van der Waals surface area contributed by atoms with E-state index in [1.807, 2.05) is 24.3 Å². The Morgan fingerprint density at radius 3 is 2.81 bits per heavy atom. The molecule has 0 atom stereocenters. The van der Waals surface area contributed by atoms with E-state index >= 15 is 0 Å². The smallest absolute Gasteiger partial charge is 0.410 e. The number of ether oxygens (including phenoxy) is 1. The average molecular weight is 452 g/mol. The van der Waals surface area contributed by atoms with Gasteiger partial charge in [-0.25, -0.2) is 9.78 Å². The first-order valence-electron chi connectivity index (χ1n) is 9.44. The van der Waals surface area contributed by atoms with E-state index in [-0.39, 0.29) is 0 Å². The number of amides is 1. The summed E-state index contributed by atoms with van der Waals surface area (Å²) in [5.74, 6) is 1.01. The van der Waals surface area contributed by atoms with E-state index in [4.69, 9.17) is 10.00 Å². The number of hydrogen-bond donors (Lipinski definition) is 2. The number of nitriles is 1. The molecular weight excluding hydrogens is 434 g/mol. The maximum absolute atomic E-state index is 13.0. The third-order valence-electron chi connectivity index (χ3n) is 4.50. The number of thiol groups is 1. The highest BCUT2D eigenvalue weighted by Crippen LogP contribution is 2.29. The minimum Gasteiger partial charge on any atom is -0.410 e. The fourth-order valence-electron chi connectivity index (χ4n) is 2.99. The van der Waals surface area contributed by atoms with Crippen molar-refractivity contribution >= 4 is 46.0 Å². The van der Waals surface area contributed by atoms with Crippen LogP contribution in [0.25, 0.3) is 10.2 Å². The molecule has 0 aliphatic carbocycles. The predicted molar refractivity (Wildman–Crippen MR) is 119 cm³/mol. The third kappa shape index (κ3) is 5.17. The van der Waals surface area contributed by atoms with Gasteiger partial charge in [-0.3, -0.25) is 4.90 Å². The Kier molecular flexibility index (Phi) is 6.40. The number of nitrogens with zero attached hydrogens (tertiary/aromatic N) is 6. The van der Waals surface area contributed by atoms with Crippen molar-refractivity contribution in [3.8, 4) is 11.8 Å². The van der Waals surface area contributed by atoms with Gasteiger partial charge in [-0.1, -0.05) is 5.21 Å². The fraction of sp³-hybridized carbons (Fsp3) is 0.200. The van der Waals surface area contributed by atoms with Gasteiger partial charge in [0.05, 0.1) is 21.8 Å². The van der Waals surface area contributed by atoms with E-state index in [0.29, 0.717) is 40.1 Å². The van der Waals surface area contributed by atoms with Gasteiger partial charge in [-0.2, -0.15) is 10.5 Å². The van der Waals surface area contributed by atoms with Crippen molar-refractivity contribution in [1.82, 2.24) is 25.6 Å². The number of carbonyl (C=O) groups is 1. The first-order valence-corrected chi connectivity index (χ1v) is 10.7. The summed E-state index contributed by atoms with van der Waals surface area (Å²) < 4.78 is 7.16. The van der Waals surface area contributed by atoms with Crippen LogP contribution < -0.4 is 9.64 Å². The number of thiazole rings is 1. The minimum absolute atomic E-state index is 0.373. The molecule has 11 heteroatoms. The zero-order valence-electron chi connectivity index (χ0n) is 16.2. The molecule has 0 spiro atoms. The number of nitrogens with one attached hydrogen (secondary N) is 1. The molecule has 0 fully saturated rings. The van der Waals surface area contributed by atoms with E-state index < -0.39 is 6.09 Å². The average Bonchev–Trinajstić information content (AvgIpc) is 3.42. The molecule has 0 saturated heterocycles. The Labute approximate surface area is 187 Å². The van der Waals surface area contributed by atoms with Crippen LogP contribution >= 0.6 is 24.0 Å². The number of rotatable bonds is 7. The molecule has 4 aromatic rings. The summed E-state index contributed by atoms with van der Waals surface area (Å²) >= 11 is 5.76. The van der Waals surface area contributed by atoms with Gasteiger partial charge in [0.25, 0.3) is 0 Å². The highest BCUT2D eigenvalue weighted by atomic mass is 32.2. The number of anilines is 1. The Morgan fingerprint density at radius 1 is 1.23 bits per heavy atom. The van der Waals surface area contributed by atoms with E-state index in [2.05, 4.69) is 38.2 Å². The Morgan fingerprint density at radius 2 is 2.06 bits per heavy atom. The minimum atomic E-state index is -0.501. The lowest BCUT2D eigenvalue weighted by molar-refractivity contribution is 0.207. The maximum atomic E-state index is 13.0. The van der Waals surface area contributed by atoms with Crippen molar-refractivity contribution < 1.29 is 9.53 Å². The van der Waals surface area contributed by atoms with Crippen LogP contribution in [0, 0.1) is 11.3 Å². The fourth-order valence-corrected chi connectivity index (χ4v) is 4.13. The normalized spacial score (nSPS) is 10.7. The zero-order chi connectivity index (χ0) is 21.6. The molecular formula is C20H17N7O2S2. The molecule has 0 aliphatic rings. The third-order valence-corrected chi connectivity index (χ3v) is 5.70. The quantitative estimate of drug-likeness (QED) is 0.322. The van der Waals surface area contributed by atoms with Crippen LogP contribution in [-0.4, -0.2) is 38.2 Å². The zero-order valence-corrected chi connectivity index (χ0v) is 17.9. The second-order valence-electron chi connectivity index (χ2n) is 6.59. The second-order valence-corrected chi connectivity index (χ2v) is 8.35. The molecule has 156 valence electrons. The van der Waals surface area contributed by atoms with Gasteiger partial charge in [0.2, 0.25) is 0 Å². The number of unbranched alkanes of at least 4 members (excludes halogenated alkanes) is 1. The first-order chi connectivity index (χ1) is 15.1. The van der Waals surface area contributed by atoms with Crippen molar-refractivity contribution in [2.45, 2.75) is 23.6 Å². The molecule has 0 bridgehead atoms. The molecule has 2 heterocycles. The second kappa shape index (κ2) is 9.55. The van der Waals surface area contributed by atoms with Crippen LogP contribution in [0.3, 0.4) is 0 Å². The first kappa shape index (κ1) is 20.8. The summed E-state index contributed by atoms with van der Waals surface area (Å²) in [7, 11) is 0. The van der Waals surface area contributed by atoms with Gasteiger partial charge < -0.3 is 4.74 Å². The highest BCUT2D eigenvalue weighted by molar-refractivity contribution is 7.82. The summed E-state index contributed by atoms with van der Waals surface area (Å²) in [4.78, 5) is 18.9. The Balaban J connectivity index is 1.51. The molecule has 0 radical (unpaired) electrons. The number of aryl methyl sites for hydroxylation is 1. The van der Waals surface area contributed by atoms with E-state index in [1.54, 1.807) is 29.2 Å². The number of carbonyl (C=O) groups excluding carboxylic acids is 1. The van der Waals surface area contributed by atoms with E-state index in [1.165, 1.54) is 11.3 Å². The lowest BCUT2D eigenvalue weighted by Crippen LogP contribution is -2.34. The topological polar surface area (TPSA) is 121 Å². The van der Waals surface area contributed by atoms with Gasteiger partial charge in [0.1, 0.15) is 10.1 Å². The van der Waals surface area contributed by atoms with Crippen LogP contribution in [0.5, 0.6) is 5.75 Å². The van der Waals surface area contributed by atoms with Crippen molar-refractivity contribution in [3.63, 3.8) is 0 Å². The van der Waals surface area contributed by atoms with Crippen molar-refractivity contribution in [2.24, 2.45) is 0 Å². The van der Waals surface area contributed by atoms with Gasteiger partial charge in [-0.05, 0) is 55.3 Å². The standard InChI is InChI=1S/C20H17N7O2S2/c21-12-13-4-7-15(8-5-13)29-20(28)27(10-2-1-3-18-23-25-26-24-18)14-6-9-16-17(11-14)31-19(30)22-16/h4-9,11H,1-3,10H2,(H,22,30)(H,23,24,25,26). The lowest BCUT2D eigenvalue weighted by Gasteiger charge is -2.22. The number of aromatic nitrogens is 5. The molecule has 0 aliphatic heterocycles. The summed E-state index contributed by atoms with van der Waals surface area (Å²) in [6.07, 6.45) is 1.66. The molecule has 31 heavy (non-hydrogen) atoms. The van der Waals surface area contributed by atoms with Crippen LogP contribution in [0.15, 0.2) is 46.8 Å². The van der Waals surface area contributed by atoms with Crippen LogP contribution in [0.4, 0.5) is 10.5 Å². The predicted octanol–water partition coefficient (Wildman–Crippen LogP) is 4.00. The summed E-state index contributed by atoms with van der Waals surface area (Å²) in [6.45, 7) is 0.449. The van der Waals surface area contributed by atoms with Crippen LogP contribution in [0.2, 0.25) is 0 Å². The van der Waals surface area contributed by atoms with Crippen LogP contribution in [0.1, 0.15) is 24.2 Å². The molecule has 2 aromatic carbocycles. The molecule has 2 aromatic heterocycles. The molecule has 0 saturated carbocycles. The number of aromatic amines is 1. The summed E-state index contributed by atoms with van der Waals surface area (Å²) in [6, 6.07) is 14.1. The van der Waals surface area contributed by atoms with Gasteiger partial charge in [-0.15, -0.1) is 34.2 Å². The largest absolute Gasteiger partial charge is 0.419 e. The number of H-pyrrole nitrogens is 1. The number of fused-ring (bicyclic) bond motifs is 1. The summed E-state index contributed by atoms with van der Waals surface area (Å²) in [5, 5.41) is 22.8. The Bertz CT molecular complexity index is 1220. The van der Waals surface area contributed by atoms with Gasteiger partial charge in [0.15, 0.2) is 5.82 Å². The van der Waals surface area contributed by atoms with Gasteiger partial charge in [0, 0.05) is 18.7 Å². The number of tetrazole rings is 1. The number of hydrogen-bond acceptors (Lipinski definition) is 9. The summed E-state index contributed by atoms with van der Waals surface area (Å²) in [5.41, 5.74) is 2.04. The van der Waals surface area contributed by atoms with E-state index in [9.17, 15) is 4.79 Å². The van der Waals surface area contributed by atoms with Gasteiger partial charge >= 0.3 is 6.09 Å². The van der Waals surface area contributed by atoms with Crippen molar-refractivity contribution in [2.75, 3.05) is 11.4 Å². The van der Waals surface area contributed by atoms with Crippen molar-refractivity contribution in [3.05, 3.63) is 53.9 Å². The SMILES string of the molecule is N#Cc1ccc(OC(=O)N(CCCCc2nn[nH]n2)c2ccc3nc(S)sc3c2)cc1. The Hall–Kier alpha value is -3.49. The highest BCUT2D eigenvalue weighted by Gasteiger charge is 2.19. The molecule has 1 N–H and O–H groups in total. The van der Waals surface area contributed by atoms with Crippen molar-refractivity contribution in [1.29, 1.82) is 5.26 Å². The molecule has 4 rings (SSSR count). The monoisotopic (exact) mass is 451 g/mol. The van der Waals surface area contributed by atoms with Crippen LogP contribution in [-0.2, 0) is 6.42 Å². The lowest BCUT2D eigenvalue weighted by atomic mass is 10.2. The molecule has 0 unspecified atom stereocenters.